The van der Waals surface area contributed by atoms with Crippen molar-refractivity contribution in [3.05, 3.63) is 70.8 Å². The lowest BCUT2D eigenvalue weighted by Crippen LogP contribution is -2.10. The third-order valence-electron chi connectivity index (χ3n) is 3.03. The first-order valence-corrected chi connectivity index (χ1v) is 7.38. The van der Waals surface area contributed by atoms with E-state index in [9.17, 15) is 0 Å². The smallest absolute Gasteiger partial charge is 0.122 e. The van der Waals surface area contributed by atoms with Gasteiger partial charge in [0.05, 0.1) is 0 Å². The van der Waals surface area contributed by atoms with Crippen LogP contribution in [-0.2, 0) is 11.5 Å². The van der Waals surface area contributed by atoms with Crippen molar-refractivity contribution in [3.8, 4) is 0 Å². The van der Waals surface area contributed by atoms with Crippen molar-refractivity contribution in [2.45, 2.75) is 18.4 Å². The highest BCUT2D eigenvalue weighted by molar-refractivity contribution is 7.97. The number of thioether (sulfide) groups is 1. The third kappa shape index (κ3) is 3.86. The number of hydrogen-bond acceptors (Lipinski definition) is 2. The molecule has 2 rings (SSSR count). The summed E-state index contributed by atoms with van der Waals surface area (Å²) >= 11 is 1.88. The Morgan fingerprint density at radius 2 is 1.89 bits per heavy atom. The number of nitrogens with two attached hydrogens (primary N) is 1. The van der Waals surface area contributed by atoms with Crippen LogP contribution >= 0.6 is 11.8 Å². The Morgan fingerprint density at radius 3 is 2.63 bits per heavy atom. The van der Waals surface area contributed by atoms with Gasteiger partial charge in [0.1, 0.15) is 5.84 Å². The minimum atomic E-state index is 0.130. The van der Waals surface area contributed by atoms with Gasteiger partial charge in [-0.15, -0.1) is 0 Å². The van der Waals surface area contributed by atoms with Gasteiger partial charge in [-0.3, -0.25) is 5.41 Å². The second-order valence-electron chi connectivity index (χ2n) is 4.53. The zero-order valence-corrected chi connectivity index (χ0v) is 11.8. The van der Waals surface area contributed by atoms with Crippen LogP contribution in [0.2, 0.25) is 0 Å². The van der Waals surface area contributed by atoms with E-state index in [4.69, 9.17) is 11.1 Å². The Hall–Kier alpha value is -1.74. The zero-order valence-electron chi connectivity index (χ0n) is 11.0. The maximum Gasteiger partial charge on any atom is 0.122 e. The highest BCUT2D eigenvalue weighted by Crippen LogP contribution is 2.20. The van der Waals surface area contributed by atoms with Crippen LogP contribution in [0.4, 0.5) is 0 Å². The number of nitrogens with one attached hydrogen (secondary N) is 1. The molecular weight excluding hydrogens is 252 g/mol. The SMILES string of the molecule is Cc1ccccc1CSCc1cccc(C(=N)N)c1. The van der Waals surface area contributed by atoms with Gasteiger partial charge in [-0.25, -0.2) is 0 Å². The van der Waals surface area contributed by atoms with Gasteiger partial charge in [0, 0.05) is 17.1 Å². The maximum atomic E-state index is 7.44. The minimum Gasteiger partial charge on any atom is -0.384 e. The van der Waals surface area contributed by atoms with E-state index in [1.165, 1.54) is 16.7 Å². The van der Waals surface area contributed by atoms with Crippen LogP contribution in [-0.4, -0.2) is 5.84 Å². The molecule has 0 spiro atoms. The number of hydrogen-bond donors (Lipinski definition) is 2. The van der Waals surface area contributed by atoms with E-state index in [1.807, 2.05) is 30.0 Å². The Labute approximate surface area is 118 Å². The summed E-state index contributed by atoms with van der Waals surface area (Å²) in [7, 11) is 0. The van der Waals surface area contributed by atoms with Gasteiger partial charge < -0.3 is 5.73 Å². The van der Waals surface area contributed by atoms with Crippen molar-refractivity contribution in [2.75, 3.05) is 0 Å². The van der Waals surface area contributed by atoms with Gasteiger partial charge in [-0.2, -0.15) is 11.8 Å². The first-order valence-electron chi connectivity index (χ1n) is 6.22. The van der Waals surface area contributed by atoms with Gasteiger partial charge >= 0.3 is 0 Å². The normalized spacial score (nSPS) is 10.4. The van der Waals surface area contributed by atoms with Gasteiger partial charge in [-0.1, -0.05) is 42.5 Å². The molecule has 0 bridgehead atoms. The number of nitrogen functional groups attached to an aromatic ring is 1. The molecule has 0 saturated heterocycles. The van der Waals surface area contributed by atoms with E-state index in [0.717, 1.165) is 17.1 Å². The molecular formula is C16H18N2S. The molecule has 0 fully saturated rings. The molecule has 0 aromatic heterocycles. The fraction of sp³-hybridized carbons (Fsp3) is 0.188. The number of benzene rings is 2. The quantitative estimate of drug-likeness (QED) is 0.642. The van der Waals surface area contributed by atoms with E-state index in [2.05, 4.69) is 37.3 Å². The second-order valence-corrected chi connectivity index (χ2v) is 5.52. The first-order chi connectivity index (χ1) is 9.16. The molecule has 0 aliphatic heterocycles. The summed E-state index contributed by atoms with van der Waals surface area (Å²) in [5, 5.41) is 7.44. The van der Waals surface area contributed by atoms with Crippen LogP contribution in [0.15, 0.2) is 48.5 Å². The molecule has 0 radical (unpaired) electrons. The molecule has 98 valence electrons. The largest absolute Gasteiger partial charge is 0.384 e. The van der Waals surface area contributed by atoms with Crippen molar-refractivity contribution < 1.29 is 0 Å². The number of rotatable bonds is 5. The lowest BCUT2D eigenvalue weighted by Gasteiger charge is -2.06. The molecule has 2 aromatic rings. The van der Waals surface area contributed by atoms with Crippen molar-refractivity contribution in [1.82, 2.24) is 0 Å². The van der Waals surface area contributed by atoms with Crippen LogP contribution in [0.1, 0.15) is 22.3 Å². The highest BCUT2D eigenvalue weighted by atomic mass is 32.2. The second kappa shape index (κ2) is 6.43. The van der Waals surface area contributed by atoms with Crippen molar-refractivity contribution in [2.24, 2.45) is 5.73 Å². The monoisotopic (exact) mass is 270 g/mol. The molecule has 19 heavy (non-hydrogen) atoms. The molecule has 0 atom stereocenters. The molecule has 0 saturated carbocycles. The van der Waals surface area contributed by atoms with Crippen LogP contribution in [0.25, 0.3) is 0 Å². The summed E-state index contributed by atoms with van der Waals surface area (Å²) in [4.78, 5) is 0. The number of aryl methyl sites for hydroxylation is 1. The standard InChI is InChI=1S/C16H18N2S/c1-12-5-2-3-7-15(12)11-19-10-13-6-4-8-14(9-13)16(17)18/h2-9H,10-11H2,1H3,(H3,17,18). The fourth-order valence-corrected chi connectivity index (χ4v) is 2.94. The van der Waals surface area contributed by atoms with Gasteiger partial charge in [-0.05, 0) is 29.7 Å². The lowest BCUT2D eigenvalue weighted by molar-refractivity contribution is 1.29. The summed E-state index contributed by atoms with van der Waals surface area (Å²) < 4.78 is 0. The topological polar surface area (TPSA) is 49.9 Å². The maximum absolute atomic E-state index is 7.44. The predicted octanol–water partition coefficient (Wildman–Crippen LogP) is 3.71. The molecule has 0 aliphatic rings. The summed E-state index contributed by atoms with van der Waals surface area (Å²) in [6, 6.07) is 16.4. The van der Waals surface area contributed by atoms with Crippen LogP contribution < -0.4 is 5.73 Å². The van der Waals surface area contributed by atoms with Crippen LogP contribution in [0, 0.1) is 12.3 Å². The molecule has 0 unspecified atom stereocenters. The van der Waals surface area contributed by atoms with Crippen molar-refractivity contribution >= 4 is 17.6 Å². The molecule has 0 amide bonds. The first kappa shape index (κ1) is 13.7. The average Bonchev–Trinajstić information content (AvgIpc) is 2.41. The number of amidine groups is 1. The Balaban J connectivity index is 1.94. The van der Waals surface area contributed by atoms with Gasteiger partial charge in [0.25, 0.3) is 0 Å². The summed E-state index contributed by atoms with van der Waals surface area (Å²) in [5.74, 6) is 2.08. The molecule has 3 N–H and O–H groups in total. The summed E-state index contributed by atoms with van der Waals surface area (Å²) in [6.07, 6.45) is 0. The fourth-order valence-electron chi connectivity index (χ4n) is 1.88. The van der Waals surface area contributed by atoms with E-state index in [0.29, 0.717) is 0 Å². The lowest BCUT2D eigenvalue weighted by atomic mass is 10.1. The van der Waals surface area contributed by atoms with E-state index < -0.39 is 0 Å². The zero-order chi connectivity index (χ0) is 13.7. The van der Waals surface area contributed by atoms with Gasteiger partial charge in [0.15, 0.2) is 0 Å². The Kier molecular flexibility index (Phi) is 4.63. The summed E-state index contributed by atoms with van der Waals surface area (Å²) in [5.41, 5.74) is 10.2. The Bertz CT molecular complexity index is 578. The van der Waals surface area contributed by atoms with E-state index in [-0.39, 0.29) is 5.84 Å². The Morgan fingerprint density at radius 1 is 1.11 bits per heavy atom. The van der Waals surface area contributed by atoms with Crippen molar-refractivity contribution in [3.63, 3.8) is 0 Å². The van der Waals surface area contributed by atoms with E-state index in [1.54, 1.807) is 0 Å². The third-order valence-corrected chi connectivity index (χ3v) is 4.08. The van der Waals surface area contributed by atoms with Crippen molar-refractivity contribution in [1.29, 1.82) is 5.41 Å². The molecule has 2 nitrogen and oxygen atoms in total. The molecule has 0 aliphatic carbocycles. The minimum absolute atomic E-state index is 0.130. The molecule has 0 heterocycles. The van der Waals surface area contributed by atoms with Crippen LogP contribution in [0.3, 0.4) is 0 Å². The van der Waals surface area contributed by atoms with Gasteiger partial charge in [0.2, 0.25) is 0 Å². The highest BCUT2D eigenvalue weighted by Gasteiger charge is 2.01. The summed E-state index contributed by atoms with van der Waals surface area (Å²) in [6.45, 7) is 2.15. The predicted molar refractivity (Wildman–Crippen MR) is 83.6 cm³/mol. The average molecular weight is 270 g/mol. The van der Waals surface area contributed by atoms with E-state index >= 15 is 0 Å². The molecule has 3 heteroatoms. The van der Waals surface area contributed by atoms with Crippen LogP contribution in [0.5, 0.6) is 0 Å². The molecule has 2 aromatic carbocycles.